The molecule has 7 heteroatoms. The number of halogens is 3. The molecule has 126 valence electrons. The first-order valence-electron chi connectivity index (χ1n) is 6.70. The summed E-state index contributed by atoms with van der Waals surface area (Å²) in [4.78, 5) is 2.41. The molecule has 1 heterocycles. The highest BCUT2D eigenvalue weighted by Gasteiger charge is 2.22. The molecule has 22 heavy (non-hydrogen) atoms. The van der Waals surface area contributed by atoms with Crippen LogP contribution in [0.15, 0.2) is 29.3 Å². The van der Waals surface area contributed by atoms with Crippen molar-refractivity contribution in [1.82, 2.24) is 10.2 Å². The van der Waals surface area contributed by atoms with Gasteiger partial charge in [-0.3, -0.25) is 4.90 Å². The van der Waals surface area contributed by atoms with Crippen molar-refractivity contribution in [2.45, 2.75) is 6.04 Å². The van der Waals surface area contributed by atoms with Gasteiger partial charge in [0, 0.05) is 26.2 Å². The van der Waals surface area contributed by atoms with E-state index < -0.39 is 0 Å². The van der Waals surface area contributed by atoms with Crippen molar-refractivity contribution in [1.29, 1.82) is 0 Å². The summed E-state index contributed by atoms with van der Waals surface area (Å²) in [5.41, 5.74) is 1.14. The lowest BCUT2D eigenvalue weighted by molar-refractivity contribution is 0.203. The van der Waals surface area contributed by atoms with Gasteiger partial charge in [-0.1, -0.05) is 6.08 Å². The fourth-order valence-electron chi connectivity index (χ4n) is 2.52. The molecule has 1 atom stereocenters. The van der Waals surface area contributed by atoms with Gasteiger partial charge in [-0.2, -0.15) is 0 Å². The molecule has 1 saturated heterocycles. The average molecular weight is 414 g/mol. The van der Waals surface area contributed by atoms with E-state index in [4.69, 9.17) is 9.47 Å². The smallest absolute Gasteiger partial charge is 0.137 e. The second-order valence-electron chi connectivity index (χ2n) is 4.71. The van der Waals surface area contributed by atoms with Crippen molar-refractivity contribution < 1.29 is 9.47 Å². The van der Waals surface area contributed by atoms with Gasteiger partial charge >= 0.3 is 0 Å². The standard InChI is InChI=1S/C15H21BrN2O2.2ClH/c1-4-12(18-7-5-17-6-8-18)11-9-13(19-2)15(16)14(10-11)20-3;;/h4,9-10,12,17H,1,5-8H2,2-3H3;2*1H/t12-;;/m1../s1. The van der Waals surface area contributed by atoms with Crippen LogP contribution in [0.25, 0.3) is 0 Å². The van der Waals surface area contributed by atoms with Crippen molar-refractivity contribution >= 4 is 40.7 Å². The molecular formula is C15H23BrCl2N2O2. The lowest BCUT2D eigenvalue weighted by atomic mass is 10.0. The molecule has 0 radical (unpaired) electrons. The van der Waals surface area contributed by atoms with Crippen molar-refractivity contribution in [3.8, 4) is 11.5 Å². The van der Waals surface area contributed by atoms with Crippen LogP contribution < -0.4 is 14.8 Å². The number of nitrogens with zero attached hydrogens (tertiary/aromatic N) is 1. The monoisotopic (exact) mass is 412 g/mol. The first-order valence-corrected chi connectivity index (χ1v) is 7.49. The summed E-state index contributed by atoms with van der Waals surface area (Å²) in [5, 5.41) is 3.37. The van der Waals surface area contributed by atoms with Crippen molar-refractivity contribution in [2.75, 3.05) is 40.4 Å². The summed E-state index contributed by atoms with van der Waals surface area (Å²) in [7, 11) is 3.33. The fraction of sp³-hybridized carbons (Fsp3) is 0.467. The highest BCUT2D eigenvalue weighted by Crippen LogP contribution is 2.38. The average Bonchev–Trinajstić information content (AvgIpc) is 2.50. The van der Waals surface area contributed by atoms with Gasteiger partial charge in [0.05, 0.1) is 20.3 Å². The molecule has 0 amide bonds. The third kappa shape index (κ3) is 4.77. The highest BCUT2D eigenvalue weighted by molar-refractivity contribution is 9.10. The maximum absolute atomic E-state index is 5.42. The summed E-state index contributed by atoms with van der Waals surface area (Å²) in [5.74, 6) is 1.56. The zero-order valence-corrected chi connectivity index (χ0v) is 16.0. The number of hydrogen-bond acceptors (Lipinski definition) is 4. The zero-order chi connectivity index (χ0) is 14.5. The van der Waals surface area contributed by atoms with Crippen LogP contribution in [-0.2, 0) is 0 Å². The molecule has 1 aromatic rings. The third-order valence-corrected chi connectivity index (χ3v) is 4.36. The van der Waals surface area contributed by atoms with Crippen LogP contribution in [0.4, 0.5) is 0 Å². The Morgan fingerprint density at radius 1 is 1.18 bits per heavy atom. The minimum atomic E-state index is 0. The second-order valence-corrected chi connectivity index (χ2v) is 5.50. The van der Waals surface area contributed by atoms with Crippen LogP contribution in [0.2, 0.25) is 0 Å². The number of methoxy groups -OCH3 is 2. The van der Waals surface area contributed by atoms with Gasteiger partial charge < -0.3 is 14.8 Å². The lowest BCUT2D eigenvalue weighted by Crippen LogP contribution is -2.44. The molecule has 0 unspecified atom stereocenters. The van der Waals surface area contributed by atoms with Crippen molar-refractivity contribution in [2.24, 2.45) is 0 Å². The van der Waals surface area contributed by atoms with Gasteiger partial charge in [-0.15, -0.1) is 31.4 Å². The minimum Gasteiger partial charge on any atom is -0.495 e. The third-order valence-electron chi connectivity index (χ3n) is 3.58. The number of ether oxygens (including phenoxy) is 2. The number of rotatable bonds is 5. The van der Waals surface area contributed by atoms with Crippen LogP contribution in [0.1, 0.15) is 11.6 Å². The van der Waals surface area contributed by atoms with Gasteiger partial charge in [-0.05, 0) is 33.6 Å². The van der Waals surface area contributed by atoms with E-state index in [0.29, 0.717) is 0 Å². The predicted octanol–water partition coefficient (Wildman–Crippen LogP) is 3.44. The van der Waals surface area contributed by atoms with Crippen molar-refractivity contribution in [3.05, 3.63) is 34.8 Å². The molecule has 0 spiro atoms. The quantitative estimate of drug-likeness (QED) is 0.749. The summed E-state index contributed by atoms with van der Waals surface area (Å²) in [6.45, 7) is 8.03. The number of hydrogen-bond donors (Lipinski definition) is 1. The molecule has 4 nitrogen and oxygen atoms in total. The number of piperazine rings is 1. The summed E-state index contributed by atoms with van der Waals surface area (Å²) >= 11 is 3.50. The predicted molar refractivity (Wildman–Crippen MR) is 99.1 cm³/mol. The first kappa shape index (κ1) is 21.5. The Hall–Kier alpha value is -0.460. The van der Waals surface area contributed by atoms with Crippen molar-refractivity contribution in [3.63, 3.8) is 0 Å². The Bertz CT molecular complexity index is 458. The lowest BCUT2D eigenvalue weighted by Gasteiger charge is -2.33. The first-order chi connectivity index (χ1) is 9.71. The van der Waals surface area contributed by atoms with E-state index in [1.165, 1.54) is 0 Å². The largest absolute Gasteiger partial charge is 0.495 e. The number of nitrogens with one attached hydrogen (secondary N) is 1. The van der Waals surface area contributed by atoms with Crippen LogP contribution in [-0.4, -0.2) is 45.3 Å². The maximum Gasteiger partial charge on any atom is 0.137 e. The van der Waals surface area contributed by atoms with Crippen LogP contribution in [0.3, 0.4) is 0 Å². The maximum atomic E-state index is 5.42. The van der Waals surface area contributed by atoms with E-state index >= 15 is 0 Å². The molecule has 0 aromatic heterocycles. The van der Waals surface area contributed by atoms with Gasteiger partial charge in [-0.25, -0.2) is 0 Å². The molecule has 1 fully saturated rings. The van der Waals surface area contributed by atoms with Gasteiger partial charge in [0.15, 0.2) is 0 Å². The summed E-state index contributed by atoms with van der Waals surface area (Å²) in [6, 6.07) is 4.26. The van der Waals surface area contributed by atoms with Crippen LogP contribution in [0.5, 0.6) is 11.5 Å². The zero-order valence-electron chi connectivity index (χ0n) is 12.8. The Balaban J connectivity index is 0.00000220. The summed E-state index contributed by atoms with van der Waals surface area (Å²) < 4.78 is 11.7. The van der Waals surface area contributed by atoms with E-state index in [-0.39, 0.29) is 30.9 Å². The Morgan fingerprint density at radius 3 is 2.09 bits per heavy atom. The van der Waals surface area contributed by atoms with Crippen LogP contribution in [0, 0.1) is 0 Å². The fourth-order valence-corrected chi connectivity index (χ4v) is 3.07. The highest BCUT2D eigenvalue weighted by atomic mass is 79.9. The van der Waals surface area contributed by atoms with Gasteiger partial charge in [0.1, 0.15) is 16.0 Å². The number of benzene rings is 1. The van der Waals surface area contributed by atoms with Crippen LogP contribution >= 0.6 is 40.7 Å². The normalized spacial score (nSPS) is 16.0. The van der Waals surface area contributed by atoms with E-state index in [1.807, 2.05) is 18.2 Å². The van der Waals surface area contributed by atoms with Gasteiger partial charge in [0.25, 0.3) is 0 Å². The van der Waals surface area contributed by atoms with E-state index in [1.54, 1.807) is 14.2 Å². The van der Waals surface area contributed by atoms with E-state index in [0.717, 1.165) is 47.7 Å². The molecule has 0 bridgehead atoms. The van der Waals surface area contributed by atoms with E-state index in [2.05, 4.69) is 32.7 Å². The molecule has 1 aromatic carbocycles. The molecule has 1 aliphatic rings. The minimum absolute atomic E-state index is 0. The molecule has 0 aliphatic carbocycles. The molecule has 1 N–H and O–H groups in total. The Morgan fingerprint density at radius 2 is 1.68 bits per heavy atom. The topological polar surface area (TPSA) is 33.7 Å². The van der Waals surface area contributed by atoms with E-state index in [9.17, 15) is 0 Å². The Labute approximate surface area is 153 Å². The SMILES string of the molecule is C=C[C@H](c1cc(OC)c(Br)c(OC)c1)N1CCNCC1.Cl.Cl. The summed E-state index contributed by atoms with van der Waals surface area (Å²) in [6.07, 6.45) is 1.98. The Kier molecular flexibility index (Phi) is 10.1. The molecular weight excluding hydrogens is 391 g/mol. The molecule has 2 rings (SSSR count). The molecule has 1 aliphatic heterocycles. The molecule has 0 saturated carbocycles. The second kappa shape index (κ2) is 10.3. The van der Waals surface area contributed by atoms with Gasteiger partial charge in [0.2, 0.25) is 0 Å².